The number of hydrogen-bond donors (Lipinski definition) is 2. The standard InChI is InChI=1S/C28H37BFN3O3/c29-28(13-11-27(9-10-27)12-14-28)32-21-4-2-1-3-17(21)15-18-5-6-19-20(24(18)30)16-33(26(19)36)22-7-8-23(34)31-25(22)35/h5-6,17,21-22,32H,1-4,7-16,29H2,(H,31,34,35)/t17-,21+,22?/m1/s1. The van der Waals surface area contributed by atoms with Crippen molar-refractivity contribution in [3.63, 3.8) is 0 Å². The van der Waals surface area contributed by atoms with Gasteiger partial charge in [0.2, 0.25) is 11.8 Å². The van der Waals surface area contributed by atoms with Gasteiger partial charge in [0, 0.05) is 23.6 Å². The third-order valence-electron chi connectivity index (χ3n) is 10.0. The lowest BCUT2D eigenvalue weighted by molar-refractivity contribution is -0.136. The second-order valence-corrected chi connectivity index (χ2v) is 12.5. The number of rotatable bonds is 5. The van der Waals surface area contributed by atoms with E-state index in [1.807, 2.05) is 0 Å². The molecule has 4 fully saturated rings. The largest absolute Gasteiger partial charge is 0.322 e. The molecule has 1 spiro atoms. The average molecular weight is 493 g/mol. The SMILES string of the molecule is BC1(N[C@H]2CCCC[C@@H]2Cc2ccc3c(c2F)CN(C2CCC(=O)NC2=O)C3=O)CCC2(CC2)CC1. The molecule has 3 amide bonds. The Morgan fingerprint density at radius 1 is 1.03 bits per heavy atom. The summed E-state index contributed by atoms with van der Waals surface area (Å²) in [5.41, 5.74) is 2.27. The van der Waals surface area contributed by atoms with Crippen LogP contribution in [0.1, 0.15) is 98.5 Å². The lowest BCUT2D eigenvalue weighted by Crippen LogP contribution is -2.56. The van der Waals surface area contributed by atoms with Crippen LogP contribution < -0.4 is 10.6 Å². The summed E-state index contributed by atoms with van der Waals surface area (Å²) in [6.45, 7) is 0.0896. The number of nitrogens with one attached hydrogen (secondary N) is 2. The summed E-state index contributed by atoms with van der Waals surface area (Å²) in [5, 5.41) is 6.36. The molecule has 8 heteroatoms. The van der Waals surface area contributed by atoms with Crippen LogP contribution >= 0.6 is 0 Å². The van der Waals surface area contributed by atoms with E-state index in [4.69, 9.17) is 0 Å². The predicted octanol–water partition coefficient (Wildman–Crippen LogP) is 2.96. The molecule has 3 saturated carbocycles. The van der Waals surface area contributed by atoms with Crippen molar-refractivity contribution in [3.05, 3.63) is 34.6 Å². The summed E-state index contributed by atoms with van der Waals surface area (Å²) >= 11 is 0. The zero-order valence-corrected chi connectivity index (χ0v) is 21.3. The third kappa shape index (κ3) is 4.40. The van der Waals surface area contributed by atoms with Crippen molar-refractivity contribution in [3.8, 4) is 0 Å². The Kier molecular flexibility index (Phi) is 6.01. The third-order valence-corrected chi connectivity index (χ3v) is 10.0. The lowest BCUT2D eigenvalue weighted by Gasteiger charge is -2.45. The van der Waals surface area contributed by atoms with Crippen LogP contribution in [0.2, 0.25) is 0 Å². The number of hydrogen-bond acceptors (Lipinski definition) is 4. The fourth-order valence-electron chi connectivity index (χ4n) is 7.34. The number of benzene rings is 1. The first-order chi connectivity index (χ1) is 17.3. The van der Waals surface area contributed by atoms with E-state index in [2.05, 4.69) is 18.5 Å². The number of imide groups is 1. The van der Waals surface area contributed by atoms with Crippen molar-refractivity contribution in [2.45, 2.75) is 108 Å². The number of nitrogens with zero attached hydrogens (tertiary/aromatic N) is 1. The Morgan fingerprint density at radius 3 is 2.47 bits per heavy atom. The molecule has 1 unspecified atom stereocenters. The molecule has 3 aliphatic carbocycles. The molecular weight excluding hydrogens is 456 g/mol. The summed E-state index contributed by atoms with van der Waals surface area (Å²) < 4.78 is 15.8. The van der Waals surface area contributed by atoms with Gasteiger partial charge in [-0.15, -0.1) is 0 Å². The van der Waals surface area contributed by atoms with Gasteiger partial charge in [-0.1, -0.05) is 18.9 Å². The Balaban J connectivity index is 1.16. The monoisotopic (exact) mass is 493 g/mol. The molecule has 1 aromatic rings. The van der Waals surface area contributed by atoms with Gasteiger partial charge >= 0.3 is 0 Å². The van der Waals surface area contributed by atoms with E-state index in [-0.39, 0.29) is 42.5 Å². The molecule has 36 heavy (non-hydrogen) atoms. The van der Waals surface area contributed by atoms with Crippen LogP contribution in [0.25, 0.3) is 0 Å². The first kappa shape index (κ1) is 24.1. The molecule has 0 radical (unpaired) electrons. The molecule has 6 rings (SSSR count). The lowest BCUT2D eigenvalue weighted by atomic mass is 9.62. The average Bonchev–Trinajstić information content (AvgIpc) is 3.54. The van der Waals surface area contributed by atoms with Crippen molar-refractivity contribution in [1.82, 2.24) is 15.5 Å². The van der Waals surface area contributed by atoms with Gasteiger partial charge in [-0.25, -0.2) is 4.39 Å². The number of fused-ring (bicyclic) bond motifs is 1. The number of carbonyl (C=O) groups excluding carboxylic acids is 3. The number of halogens is 1. The summed E-state index contributed by atoms with van der Waals surface area (Å²) in [5.74, 6) is -1.02. The van der Waals surface area contributed by atoms with Crippen LogP contribution in [0.4, 0.5) is 4.39 Å². The fourth-order valence-corrected chi connectivity index (χ4v) is 7.34. The summed E-state index contributed by atoms with van der Waals surface area (Å²) in [4.78, 5) is 38.3. The van der Waals surface area contributed by atoms with E-state index in [0.29, 0.717) is 40.5 Å². The molecule has 192 valence electrons. The minimum atomic E-state index is -0.719. The van der Waals surface area contributed by atoms with Gasteiger partial charge in [-0.3, -0.25) is 19.7 Å². The topological polar surface area (TPSA) is 78.5 Å². The molecule has 1 aromatic carbocycles. The van der Waals surface area contributed by atoms with Gasteiger partial charge in [0.25, 0.3) is 5.91 Å². The van der Waals surface area contributed by atoms with E-state index in [0.717, 1.165) is 12.8 Å². The molecule has 6 nitrogen and oxygen atoms in total. The minimum absolute atomic E-state index is 0.0896. The Labute approximate surface area is 213 Å². The zero-order valence-electron chi connectivity index (χ0n) is 21.3. The second-order valence-electron chi connectivity index (χ2n) is 12.5. The maximum Gasteiger partial charge on any atom is 0.255 e. The van der Waals surface area contributed by atoms with Gasteiger partial charge in [0.1, 0.15) is 19.7 Å². The molecule has 0 aromatic heterocycles. The van der Waals surface area contributed by atoms with Crippen LogP contribution in [0.15, 0.2) is 12.1 Å². The molecule has 0 bridgehead atoms. The van der Waals surface area contributed by atoms with Crippen LogP contribution in [-0.4, -0.2) is 48.0 Å². The first-order valence-corrected chi connectivity index (χ1v) is 14.0. The summed E-state index contributed by atoms with van der Waals surface area (Å²) in [7, 11) is 2.39. The molecule has 1 saturated heterocycles. The molecule has 3 atom stereocenters. The second kappa shape index (κ2) is 8.96. The Hall–Kier alpha value is -2.22. The highest BCUT2D eigenvalue weighted by Crippen LogP contribution is 2.57. The summed E-state index contributed by atoms with van der Waals surface area (Å²) in [6, 6.07) is 3.20. The minimum Gasteiger partial charge on any atom is -0.322 e. The molecule has 2 N–H and O–H groups in total. The van der Waals surface area contributed by atoms with Crippen LogP contribution in [-0.2, 0) is 22.6 Å². The van der Waals surface area contributed by atoms with Crippen molar-refractivity contribution >= 4 is 25.6 Å². The van der Waals surface area contributed by atoms with Crippen LogP contribution in [0.5, 0.6) is 0 Å². The first-order valence-electron chi connectivity index (χ1n) is 14.0. The highest BCUT2D eigenvalue weighted by Gasteiger charge is 2.48. The normalized spacial score (nSPS) is 30.9. The Morgan fingerprint density at radius 2 is 1.75 bits per heavy atom. The molecule has 2 aliphatic heterocycles. The van der Waals surface area contributed by atoms with Crippen LogP contribution in [0, 0.1) is 17.2 Å². The molecule has 5 aliphatic rings. The number of piperidine rings is 1. The highest BCUT2D eigenvalue weighted by atomic mass is 19.1. The maximum atomic E-state index is 15.8. The Bertz CT molecular complexity index is 1090. The van der Waals surface area contributed by atoms with Crippen LogP contribution in [0.3, 0.4) is 0 Å². The van der Waals surface area contributed by atoms with E-state index in [9.17, 15) is 14.4 Å². The summed E-state index contributed by atoms with van der Waals surface area (Å²) in [6.07, 6.45) is 13.8. The van der Waals surface area contributed by atoms with E-state index in [1.54, 1.807) is 12.1 Å². The van der Waals surface area contributed by atoms with Gasteiger partial charge < -0.3 is 10.2 Å². The quantitative estimate of drug-likeness (QED) is 0.489. The van der Waals surface area contributed by atoms with Crippen molar-refractivity contribution in [1.29, 1.82) is 0 Å². The fraction of sp³-hybridized carbons (Fsp3) is 0.679. The van der Waals surface area contributed by atoms with Crippen molar-refractivity contribution < 1.29 is 18.8 Å². The van der Waals surface area contributed by atoms with Crippen molar-refractivity contribution in [2.24, 2.45) is 11.3 Å². The maximum absolute atomic E-state index is 15.8. The van der Waals surface area contributed by atoms with Gasteiger partial charge in [0.05, 0.1) is 6.54 Å². The van der Waals surface area contributed by atoms with E-state index in [1.165, 1.54) is 56.3 Å². The van der Waals surface area contributed by atoms with Gasteiger partial charge in [-0.2, -0.15) is 0 Å². The predicted molar refractivity (Wildman–Crippen MR) is 136 cm³/mol. The number of carbonyl (C=O) groups is 3. The number of amides is 3. The smallest absolute Gasteiger partial charge is 0.255 e. The molecule has 2 heterocycles. The van der Waals surface area contributed by atoms with E-state index >= 15 is 4.39 Å². The highest BCUT2D eigenvalue weighted by molar-refractivity contribution is 6.15. The zero-order chi connectivity index (χ0) is 25.1. The van der Waals surface area contributed by atoms with E-state index < -0.39 is 11.9 Å². The molecular formula is C28H37BFN3O3. The van der Waals surface area contributed by atoms with Gasteiger partial charge in [0.15, 0.2) is 0 Å². The van der Waals surface area contributed by atoms with Gasteiger partial charge in [-0.05, 0) is 92.6 Å². The van der Waals surface area contributed by atoms with Crippen molar-refractivity contribution in [2.75, 3.05) is 0 Å².